The highest BCUT2D eigenvalue weighted by atomic mass is 19.1. The summed E-state index contributed by atoms with van der Waals surface area (Å²) in [7, 11) is 0. The number of hydrogen-bond donors (Lipinski definition) is 2. The SMILES string of the molecule is O=C(O)CC(NC(=O)C1C2C3CCC(C3)C12)c1ccc(F)cc1. The van der Waals surface area contributed by atoms with Gasteiger partial charge in [0, 0.05) is 5.92 Å². The molecule has 4 rings (SSSR count). The topological polar surface area (TPSA) is 66.4 Å². The van der Waals surface area contributed by atoms with Crippen molar-refractivity contribution in [3.63, 3.8) is 0 Å². The first-order valence-corrected chi connectivity index (χ1v) is 8.32. The molecule has 23 heavy (non-hydrogen) atoms. The molecule has 3 aliphatic carbocycles. The number of hydrogen-bond acceptors (Lipinski definition) is 2. The predicted octanol–water partition coefficient (Wildman–Crippen LogP) is 2.75. The smallest absolute Gasteiger partial charge is 0.305 e. The number of carboxylic acids is 1. The Hall–Kier alpha value is -1.91. The van der Waals surface area contributed by atoms with Crippen molar-refractivity contribution in [1.29, 1.82) is 0 Å². The molecular formula is C18H20FNO3. The average molecular weight is 317 g/mol. The standard InChI is InChI=1S/C18H20FNO3/c19-12-5-3-9(4-6-12)13(8-14(21)22)20-18(23)17-15-10-1-2-11(7-10)16(15)17/h3-6,10-11,13,15-17H,1-2,7-8H2,(H,20,23)(H,21,22). The van der Waals surface area contributed by atoms with E-state index in [4.69, 9.17) is 5.11 Å². The van der Waals surface area contributed by atoms with E-state index in [1.807, 2.05) is 0 Å². The average Bonchev–Trinajstić information content (AvgIpc) is 2.95. The maximum Gasteiger partial charge on any atom is 0.305 e. The van der Waals surface area contributed by atoms with Crippen molar-refractivity contribution in [2.24, 2.45) is 29.6 Å². The molecule has 122 valence electrons. The van der Waals surface area contributed by atoms with Crippen molar-refractivity contribution in [3.05, 3.63) is 35.6 Å². The number of fused-ring (bicyclic) bond motifs is 5. The molecule has 5 unspecified atom stereocenters. The van der Waals surface area contributed by atoms with Gasteiger partial charge in [-0.25, -0.2) is 4.39 Å². The Kier molecular flexibility index (Phi) is 3.39. The normalized spacial score (nSPS) is 34.7. The molecule has 3 aliphatic rings. The molecule has 5 atom stereocenters. The fourth-order valence-electron chi connectivity index (χ4n) is 5.07. The largest absolute Gasteiger partial charge is 0.481 e. The van der Waals surface area contributed by atoms with E-state index in [-0.39, 0.29) is 24.1 Å². The number of rotatable bonds is 5. The van der Waals surface area contributed by atoms with Gasteiger partial charge in [0.2, 0.25) is 5.91 Å². The first kappa shape index (κ1) is 14.7. The first-order chi connectivity index (χ1) is 11.0. The van der Waals surface area contributed by atoms with Crippen LogP contribution in [-0.4, -0.2) is 17.0 Å². The zero-order chi connectivity index (χ0) is 16.1. The van der Waals surface area contributed by atoms with Crippen molar-refractivity contribution in [3.8, 4) is 0 Å². The highest BCUT2D eigenvalue weighted by Crippen LogP contribution is 2.69. The third kappa shape index (κ3) is 2.52. The minimum atomic E-state index is -0.976. The van der Waals surface area contributed by atoms with E-state index in [0.29, 0.717) is 29.2 Å². The van der Waals surface area contributed by atoms with E-state index in [9.17, 15) is 14.0 Å². The second-order valence-corrected chi connectivity index (χ2v) is 7.22. The van der Waals surface area contributed by atoms with Crippen LogP contribution in [0, 0.1) is 35.4 Å². The Morgan fingerprint density at radius 1 is 1.17 bits per heavy atom. The van der Waals surface area contributed by atoms with Crippen LogP contribution >= 0.6 is 0 Å². The van der Waals surface area contributed by atoms with Crippen LogP contribution in [0.15, 0.2) is 24.3 Å². The van der Waals surface area contributed by atoms with E-state index >= 15 is 0 Å². The number of carbonyl (C=O) groups excluding carboxylic acids is 1. The Morgan fingerprint density at radius 2 is 1.78 bits per heavy atom. The molecule has 0 aliphatic heterocycles. The van der Waals surface area contributed by atoms with Gasteiger partial charge in [-0.05, 0) is 60.6 Å². The number of aliphatic carboxylic acids is 1. The molecule has 0 aromatic heterocycles. The summed E-state index contributed by atoms with van der Waals surface area (Å²) < 4.78 is 13.1. The van der Waals surface area contributed by atoms with E-state index in [0.717, 1.165) is 0 Å². The summed E-state index contributed by atoms with van der Waals surface area (Å²) in [5.74, 6) is 1.14. The van der Waals surface area contributed by atoms with Gasteiger partial charge in [-0.15, -0.1) is 0 Å². The summed E-state index contributed by atoms with van der Waals surface area (Å²) in [6, 6.07) is 5.08. The van der Waals surface area contributed by atoms with E-state index in [1.54, 1.807) is 12.1 Å². The zero-order valence-corrected chi connectivity index (χ0v) is 12.7. The van der Waals surface area contributed by atoms with Gasteiger partial charge >= 0.3 is 5.97 Å². The summed E-state index contributed by atoms with van der Waals surface area (Å²) >= 11 is 0. The number of halogens is 1. The maximum absolute atomic E-state index is 13.1. The van der Waals surface area contributed by atoms with Crippen molar-refractivity contribution >= 4 is 11.9 Å². The predicted molar refractivity (Wildman–Crippen MR) is 80.8 cm³/mol. The summed E-state index contributed by atoms with van der Waals surface area (Å²) in [6.07, 6.45) is 3.57. The van der Waals surface area contributed by atoms with E-state index < -0.39 is 12.0 Å². The van der Waals surface area contributed by atoms with Gasteiger partial charge in [0.25, 0.3) is 0 Å². The van der Waals surface area contributed by atoms with Crippen molar-refractivity contribution in [2.75, 3.05) is 0 Å². The van der Waals surface area contributed by atoms with Gasteiger partial charge in [-0.1, -0.05) is 12.1 Å². The van der Waals surface area contributed by atoms with Crippen LogP contribution in [0.1, 0.15) is 37.3 Å². The molecule has 1 aromatic rings. The van der Waals surface area contributed by atoms with Gasteiger partial charge in [0.1, 0.15) is 5.82 Å². The lowest BCUT2D eigenvalue weighted by Crippen LogP contribution is -2.33. The maximum atomic E-state index is 13.1. The Labute approximate surface area is 134 Å². The van der Waals surface area contributed by atoms with Crippen LogP contribution in [0.25, 0.3) is 0 Å². The molecule has 0 saturated heterocycles. The molecule has 2 N–H and O–H groups in total. The Bertz CT molecular complexity index is 628. The summed E-state index contributed by atoms with van der Waals surface area (Å²) in [6.45, 7) is 0. The van der Waals surface area contributed by atoms with Crippen molar-refractivity contribution in [2.45, 2.75) is 31.7 Å². The number of amides is 1. The lowest BCUT2D eigenvalue weighted by molar-refractivity contribution is -0.137. The highest BCUT2D eigenvalue weighted by Gasteiger charge is 2.67. The van der Waals surface area contributed by atoms with Gasteiger partial charge in [-0.2, -0.15) is 0 Å². The van der Waals surface area contributed by atoms with Gasteiger partial charge < -0.3 is 10.4 Å². The molecule has 0 radical (unpaired) electrons. The summed E-state index contributed by atoms with van der Waals surface area (Å²) in [4.78, 5) is 23.7. The quantitative estimate of drug-likeness (QED) is 0.877. The number of carbonyl (C=O) groups is 2. The van der Waals surface area contributed by atoms with Gasteiger partial charge in [-0.3, -0.25) is 9.59 Å². The number of nitrogens with one attached hydrogen (secondary N) is 1. The third-order valence-electron chi connectivity index (χ3n) is 6.01. The van der Waals surface area contributed by atoms with Crippen LogP contribution in [0.3, 0.4) is 0 Å². The first-order valence-electron chi connectivity index (χ1n) is 8.32. The summed E-state index contributed by atoms with van der Waals surface area (Å²) in [5.41, 5.74) is 0.635. The van der Waals surface area contributed by atoms with E-state index in [2.05, 4.69) is 5.32 Å². The lowest BCUT2D eigenvalue weighted by atomic mass is 10.00. The lowest BCUT2D eigenvalue weighted by Gasteiger charge is -2.19. The highest BCUT2D eigenvalue weighted by molar-refractivity contribution is 5.83. The van der Waals surface area contributed by atoms with Crippen LogP contribution in [0.2, 0.25) is 0 Å². The molecule has 1 amide bonds. The molecule has 3 saturated carbocycles. The Morgan fingerprint density at radius 3 is 2.35 bits per heavy atom. The molecule has 4 nitrogen and oxygen atoms in total. The van der Waals surface area contributed by atoms with Crippen LogP contribution in [-0.2, 0) is 9.59 Å². The van der Waals surface area contributed by atoms with Crippen molar-refractivity contribution in [1.82, 2.24) is 5.32 Å². The summed E-state index contributed by atoms with van der Waals surface area (Å²) in [5, 5.41) is 12.0. The van der Waals surface area contributed by atoms with Crippen LogP contribution < -0.4 is 5.32 Å². The van der Waals surface area contributed by atoms with Crippen LogP contribution in [0.4, 0.5) is 4.39 Å². The second-order valence-electron chi connectivity index (χ2n) is 7.22. The third-order valence-corrected chi connectivity index (χ3v) is 6.01. The number of benzene rings is 1. The monoisotopic (exact) mass is 317 g/mol. The molecule has 3 fully saturated rings. The molecular weight excluding hydrogens is 297 g/mol. The fourth-order valence-corrected chi connectivity index (χ4v) is 5.07. The minimum absolute atomic E-state index is 0.0211. The van der Waals surface area contributed by atoms with E-state index in [1.165, 1.54) is 31.4 Å². The van der Waals surface area contributed by atoms with Crippen molar-refractivity contribution < 1.29 is 19.1 Å². The molecule has 0 spiro atoms. The van der Waals surface area contributed by atoms with Gasteiger partial charge in [0.15, 0.2) is 0 Å². The molecule has 5 heteroatoms. The number of carboxylic acid groups (broad SMARTS) is 1. The van der Waals surface area contributed by atoms with Gasteiger partial charge in [0.05, 0.1) is 12.5 Å². The van der Waals surface area contributed by atoms with Crippen LogP contribution in [0.5, 0.6) is 0 Å². The molecule has 0 heterocycles. The molecule has 2 bridgehead atoms. The zero-order valence-electron chi connectivity index (χ0n) is 12.7. The minimum Gasteiger partial charge on any atom is -0.481 e. The Balaban J connectivity index is 1.46. The fraction of sp³-hybridized carbons (Fsp3) is 0.556. The molecule has 1 aromatic carbocycles. The second kappa shape index (κ2) is 5.32.